The molecule has 10 heteroatoms. The second-order valence-corrected chi connectivity index (χ2v) is 9.91. The summed E-state index contributed by atoms with van der Waals surface area (Å²) in [5, 5.41) is 26.8. The molecule has 0 aliphatic heterocycles. The number of benzene rings is 2. The molecule has 4 atom stereocenters. The Bertz CT molecular complexity index is 1130. The number of amides is 3. The Morgan fingerprint density at radius 3 is 1.97 bits per heavy atom. The summed E-state index contributed by atoms with van der Waals surface area (Å²) >= 11 is 0. The standard InChI is InChI=1S/C29H39F2N3O5/c1-6-8-34(9-7-2)29(39)22-11-17(3)10-21(15-22)28(38)33-25(14-20-12-23(30)16-24(31)13-20)27(37)26(36)18(4)32-19(5)35/h10-13,15-16,18,25-27,36-37H,6-9,14H2,1-5H3,(H,32,35)(H,33,38). The number of aliphatic hydroxyl groups is 2. The minimum atomic E-state index is -1.61. The third kappa shape index (κ3) is 9.40. The van der Waals surface area contributed by atoms with Gasteiger partial charge in [-0.05, 0) is 74.6 Å². The molecule has 0 aromatic heterocycles. The average molecular weight is 548 g/mol. The van der Waals surface area contributed by atoms with E-state index < -0.39 is 47.7 Å². The van der Waals surface area contributed by atoms with Gasteiger partial charge in [0.05, 0.1) is 12.1 Å². The van der Waals surface area contributed by atoms with Crippen LogP contribution < -0.4 is 10.6 Å². The van der Waals surface area contributed by atoms with Crippen molar-refractivity contribution < 1.29 is 33.4 Å². The van der Waals surface area contributed by atoms with E-state index in [1.54, 1.807) is 24.0 Å². The first-order valence-electron chi connectivity index (χ1n) is 13.2. The molecule has 2 aromatic rings. The molecule has 0 saturated heterocycles. The molecule has 214 valence electrons. The minimum Gasteiger partial charge on any atom is -0.388 e. The lowest BCUT2D eigenvalue weighted by Crippen LogP contribution is -2.55. The summed E-state index contributed by atoms with van der Waals surface area (Å²) in [4.78, 5) is 39.7. The minimum absolute atomic E-state index is 0.145. The molecule has 0 radical (unpaired) electrons. The van der Waals surface area contributed by atoms with Crippen LogP contribution in [0.25, 0.3) is 0 Å². The van der Waals surface area contributed by atoms with Crippen LogP contribution in [0.1, 0.15) is 72.4 Å². The van der Waals surface area contributed by atoms with Crippen LogP contribution in [0.2, 0.25) is 0 Å². The van der Waals surface area contributed by atoms with E-state index in [2.05, 4.69) is 10.6 Å². The lowest BCUT2D eigenvalue weighted by molar-refractivity contribution is -0.121. The van der Waals surface area contributed by atoms with Gasteiger partial charge in [-0.25, -0.2) is 8.78 Å². The first-order chi connectivity index (χ1) is 18.4. The van der Waals surface area contributed by atoms with E-state index >= 15 is 0 Å². The molecule has 0 aliphatic rings. The number of hydrogen-bond donors (Lipinski definition) is 4. The molecule has 2 aromatic carbocycles. The van der Waals surface area contributed by atoms with Crippen molar-refractivity contribution in [1.29, 1.82) is 0 Å². The van der Waals surface area contributed by atoms with E-state index in [1.807, 2.05) is 13.8 Å². The number of halogens is 2. The lowest BCUT2D eigenvalue weighted by Gasteiger charge is -2.31. The number of aliphatic hydroxyl groups excluding tert-OH is 2. The number of carbonyl (C=O) groups is 3. The molecule has 2 rings (SSSR count). The van der Waals surface area contributed by atoms with Gasteiger partial charge in [-0.2, -0.15) is 0 Å². The van der Waals surface area contributed by atoms with Crippen molar-refractivity contribution in [3.8, 4) is 0 Å². The van der Waals surface area contributed by atoms with Gasteiger partial charge in [-0.15, -0.1) is 0 Å². The summed E-state index contributed by atoms with van der Waals surface area (Å²) in [6.07, 6.45) is -1.78. The largest absolute Gasteiger partial charge is 0.388 e. The van der Waals surface area contributed by atoms with Crippen molar-refractivity contribution in [2.24, 2.45) is 0 Å². The average Bonchev–Trinajstić information content (AvgIpc) is 2.85. The molecule has 8 nitrogen and oxygen atoms in total. The van der Waals surface area contributed by atoms with Gasteiger partial charge in [0.2, 0.25) is 5.91 Å². The zero-order chi connectivity index (χ0) is 29.3. The van der Waals surface area contributed by atoms with Crippen molar-refractivity contribution in [2.75, 3.05) is 13.1 Å². The fraction of sp³-hybridized carbons (Fsp3) is 0.483. The Labute approximate surface area is 228 Å². The van der Waals surface area contributed by atoms with Crippen molar-refractivity contribution in [1.82, 2.24) is 15.5 Å². The molecule has 4 N–H and O–H groups in total. The van der Waals surface area contributed by atoms with E-state index in [-0.39, 0.29) is 23.5 Å². The molecule has 0 aliphatic carbocycles. The highest BCUT2D eigenvalue weighted by atomic mass is 19.1. The van der Waals surface area contributed by atoms with Gasteiger partial charge >= 0.3 is 0 Å². The maximum absolute atomic E-state index is 13.9. The van der Waals surface area contributed by atoms with Crippen molar-refractivity contribution in [3.05, 3.63) is 70.3 Å². The van der Waals surface area contributed by atoms with Crippen LogP contribution in [0.3, 0.4) is 0 Å². The summed E-state index contributed by atoms with van der Waals surface area (Å²) in [6, 6.07) is 5.50. The fourth-order valence-electron chi connectivity index (χ4n) is 4.51. The van der Waals surface area contributed by atoms with Crippen LogP contribution in [-0.4, -0.2) is 70.2 Å². The van der Waals surface area contributed by atoms with Crippen molar-refractivity contribution in [2.45, 2.75) is 78.2 Å². The Hall–Kier alpha value is -3.37. The number of carbonyl (C=O) groups excluding carboxylic acids is 3. The molecule has 0 heterocycles. The first kappa shape index (κ1) is 31.8. The topological polar surface area (TPSA) is 119 Å². The SMILES string of the molecule is CCCN(CCC)C(=O)c1cc(C)cc(C(=O)NC(Cc2cc(F)cc(F)c2)C(O)C(O)C(C)NC(C)=O)c1. The second kappa shape index (κ2) is 14.7. The van der Waals surface area contributed by atoms with E-state index in [9.17, 15) is 33.4 Å². The third-order valence-corrected chi connectivity index (χ3v) is 6.26. The van der Waals surface area contributed by atoms with Crippen LogP contribution in [0.5, 0.6) is 0 Å². The smallest absolute Gasteiger partial charge is 0.253 e. The van der Waals surface area contributed by atoms with Gasteiger partial charge in [-0.3, -0.25) is 14.4 Å². The number of rotatable bonds is 13. The zero-order valence-electron chi connectivity index (χ0n) is 23.1. The Balaban J connectivity index is 2.39. The quantitative estimate of drug-likeness (QED) is 0.307. The van der Waals surface area contributed by atoms with Gasteiger partial charge in [0.15, 0.2) is 0 Å². The molecule has 0 bridgehead atoms. The molecule has 0 saturated carbocycles. The molecule has 0 fully saturated rings. The highest BCUT2D eigenvalue weighted by Gasteiger charge is 2.32. The Morgan fingerprint density at radius 1 is 0.872 bits per heavy atom. The zero-order valence-corrected chi connectivity index (χ0v) is 23.1. The van der Waals surface area contributed by atoms with E-state index in [0.29, 0.717) is 30.3 Å². The number of nitrogens with zero attached hydrogens (tertiary/aromatic N) is 1. The maximum Gasteiger partial charge on any atom is 0.253 e. The maximum atomic E-state index is 13.9. The molecule has 3 amide bonds. The first-order valence-corrected chi connectivity index (χ1v) is 13.2. The summed E-state index contributed by atoms with van der Waals surface area (Å²) in [7, 11) is 0. The fourth-order valence-corrected chi connectivity index (χ4v) is 4.51. The third-order valence-electron chi connectivity index (χ3n) is 6.26. The second-order valence-electron chi connectivity index (χ2n) is 9.91. The van der Waals surface area contributed by atoms with Gasteiger partial charge in [0.1, 0.15) is 23.8 Å². The monoisotopic (exact) mass is 547 g/mol. The summed E-state index contributed by atoms with van der Waals surface area (Å²) in [5.74, 6) is -2.95. The van der Waals surface area contributed by atoms with Gasteiger partial charge < -0.3 is 25.7 Å². The summed E-state index contributed by atoms with van der Waals surface area (Å²) < 4.78 is 27.7. The highest BCUT2D eigenvalue weighted by molar-refractivity contribution is 6.00. The van der Waals surface area contributed by atoms with Crippen LogP contribution >= 0.6 is 0 Å². The number of aryl methyl sites for hydroxylation is 1. The van der Waals surface area contributed by atoms with Crippen LogP contribution in [0, 0.1) is 18.6 Å². The van der Waals surface area contributed by atoms with Crippen LogP contribution in [-0.2, 0) is 11.2 Å². The predicted molar refractivity (Wildman–Crippen MR) is 144 cm³/mol. The van der Waals surface area contributed by atoms with E-state index in [4.69, 9.17) is 0 Å². The summed E-state index contributed by atoms with van der Waals surface area (Å²) in [5.41, 5.74) is 1.30. The molecular formula is C29H39F2N3O5. The van der Waals surface area contributed by atoms with E-state index in [0.717, 1.165) is 25.0 Å². The number of hydrogen-bond acceptors (Lipinski definition) is 5. The molecule has 39 heavy (non-hydrogen) atoms. The molecule has 0 spiro atoms. The normalized spacial score (nSPS) is 14.2. The van der Waals surface area contributed by atoms with E-state index in [1.165, 1.54) is 19.9 Å². The molecule has 4 unspecified atom stereocenters. The number of nitrogens with one attached hydrogen (secondary N) is 2. The van der Waals surface area contributed by atoms with Gasteiger partial charge in [0, 0.05) is 37.2 Å². The van der Waals surface area contributed by atoms with Gasteiger partial charge in [0.25, 0.3) is 11.8 Å². The van der Waals surface area contributed by atoms with Crippen LogP contribution in [0.15, 0.2) is 36.4 Å². The Kier molecular flexibility index (Phi) is 12.0. The molecular weight excluding hydrogens is 508 g/mol. The van der Waals surface area contributed by atoms with Crippen molar-refractivity contribution in [3.63, 3.8) is 0 Å². The lowest BCUT2D eigenvalue weighted by atomic mass is 9.94. The summed E-state index contributed by atoms with van der Waals surface area (Å²) in [6.45, 7) is 9.58. The van der Waals surface area contributed by atoms with Crippen LogP contribution in [0.4, 0.5) is 8.78 Å². The Morgan fingerprint density at radius 2 is 1.44 bits per heavy atom. The van der Waals surface area contributed by atoms with Crippen molar-refractivity contribution >= 4 is 17.7 Å². The van der Waals surface area contributed by atoms with Gasteiger partial charge in [-0.1, -0.05) is 13.8 Å². The highest BCUT2D eigenvalue weighted by Crippen LogP contribution is 2.17. The predicted octanol–water partition coefficient (Wildman–Crippen LogP) is 3.12.